The van der Waals surface area contributed by atoms with E-state index < -0.39 is 0 Å². The second-order valence-corrected chi connectivity index (χ2v) is 4.63. The molecule has 1 aliphatic carbocycles. The number of hydrogen-bond acceptors (Lipinski definition) is 3. The molecule has 0 saturated carbocycles. The highest BCUT2D eigenvalue weighted by molar-refractivity contribution is 5.70. The molecule has 0 amide bonds. The average Bonchev–Trinajstić information content (AvgIpc) is 2.81. The van der Waals surface area contributed by atoms with Crippen molar-refractivity contribution in [3.8, 4) is 16.9 Å². The number of aromatic nitrogens is 1. The average molecular weight is 240 g/mol. The zero-order valence-corrected chi connectivity index (χ0v) is 10.4. The van der Waals surface area contributed by atoms with Gasteiger partial charge in [-0.2, -0.15) is 0 Å². The molecule has 2 N–H and O–H groups in total. The summed E-state index contributed by atoms with van der Waals surface area (Å²) in [5, 5.41) is 0. The quantitative estimate of drug-likeness (QED) is 0.878. The SMILES string of the molecule is COc1cncc(-c2cccc3c2CCC3N)c1. The van der Waals surface area contributed by atoms with Crippen LogP contribution in [0.15, 0.2) is 36.7 Å². The molecule has 1 aromatic heterocycles. The Labute approximate surface area is 107 Å². The molecule has 1 aliphatic rings. The minimum Gasteiger partial charge on any atom is -0.495 e. The van der Waals surface area contributed by atoms with Gasteiger partial charge in [0, 0.05) is 17.8 Å². The summed E-state index contributed by atoms with van der Waals surface area (Å²) in [6.45, 7) is 0. The maximum absolute atomic E-state index is 6.11. The molecule has 3 heteroatoms. The number of methoxy groups -OCH3 is 1. The van der Waals surface area contributed by atoms with Crippen molar-refractivity contribution < 1.29 is 4.74 Å². The summed E-state index contributed by atoms with van der Waals surface area (Å²) in [7, 11) is 1.66. The molecule has 0 saturated heterocycles. The van der Waals surface area contributed by atoms with E-state index in [0.717, 1.165) is 24.2 Å². The number of benzene rings is 1. The highest BCUT2D eigenvalue weighted by Gasteiger charge is 2.21. The van der Waals surface area contributed by atoms with Crippen LogP contribution in [0.3, 0.4) is 0 Å². The van der Waals surface area contributed by atoms with Crippen LogP contribution in [0.25, 0.3) is 11.1 Å². The molecule has 0 aliphatic heterocycles. The van der Waals surface area contributed by atoms with Crippen LogP contribution in [0.5, 0.6) is 5.75 Å². The number of fused-ring (bicyclic) bond motifs is 1. The molecule has 18 heavy (non-hydrogen) atoms. The molecule has 1 unspecified atom stereocenters. The molecular formula is C15H16N2O. The van der Waals surface area contributed by atoms with Crippen molar-refractivity contribution in [3.05, 3.63) is 47.8 Å². The Bertz CT molecular complexity index is 580. The monoisotopic (exact) mass is 240 g/mol. The van der Waals surface area contributed by atoms with Crippen LogP contribution in [0.4, 0.5) is 0 Å². The molecule has 3 rings (SSSR count). The van der Waals surface area contributed by atoms with Crippen molar-refractivity contribution in [3.63, 3.8) is 0 Å². The third-order valence-electron chi connectivity index (χ3n) is 3.58. The molecule has 0 fully saturated rings. The number of rotatable bonds is 2. The summed E-state index contributed by atoms with van der Waals surface area (Å²) >= 11 is 0. The second-order valence-electron chi connectivity index (χ2n) is 4.63. The number of nitrogens with zero attached hydrogens (tertiary/aromatic N) is 1. The standard InChI is InChI=1S/C15H16N2O/c1-18-11-7-10(8-17-9-11)12-3-2-4-14-13(12)5-6-15(14)16/h2-4,7-9,15H,5-6,16H2,1H3. The maximum Gasteiger partial charge on any atom is 0.137 e. The second kappa shape index (κ2) is 4.42. The highest BCUT2D eigenvalue weighted by Crippen LogP contribution is 2.36. The molecule has 2 aromatic rings. The van der Waals surface area contributed by atoms with E-state index in [4.69, 9.17) is 10.5 Å². The minimum atomic E-state index is 0.179. The van der Waals surface area contributed by atoms with E-state index in [1.807, 2.05) is 12.3 Å². The molecule has 0 bridgehead atoms. The Morgan fingerprint density at radius 3 is 3.06 bits per heavy atom. The third-order valence-corrected chi connectivity index (χ3v) is 3.58. The zero-order chi connectivity index (χ0) is 12.5. The van der Waals surface area contributed by atoms with E-state index in [0.29, 0.717) is 0 Å². The van der Waals surface area contributed by atoms with Gasteiger partial charge in [0.05, 0.1) is 13.3 Å². The van der Waals surface area contributed by atoms with Crippen LogP contribution in [0.1, 0.15) is 23.6 Å². The zero-order valence-electron chi connectivity index (χ0n) is 10.4. The predicted molar refractivity (Wildman–Crippen MR) is 71.5 cm³/mol. The summed E-state index contributed by atoms with van der Waals surface area (Å²) < 4.78 is 5.23. The lowest BCUT2D eigenvalue weighted by atomic mass is 9.97. The molecule has 1 aromatic carbocycles. The van der Waals surface area contributed by atoms with Crippen molar-refractivity contribution in [1.29, 1.82) is 0 Å². The van der Waals surface area contributed by atoms with Gasteiger partial charge in [-0.15, -0.1) is 0 Å². The van der Waals surface area contributed by atoms with E-state index in [1.54, 1.807) is 13.3 Å². The Morgan fingerprint density at radius 1 is 1.33 bits per heavy atom. The smallest absolute Gasteiger partial charge is 0.137 e. The molecule has 1 heterocycles. The van der Waals surface area contributed by atoms with Crippen LogP contribution < -0.4 is 10.5 Å². The van der Waals surface area contributed by atoms with Crippen LogP contribution >= 0.6 is 0 Å². The molecule has 0 radical (unpaired) electrons. The van der Waals surface area contributed by atoms with Gasteiger partial charge >= 0.3 is 0 Å². The summed E-state index contributed by atoms with van der Waals surface area (Å²) in [5.41, 5.74) is 11.1. The Morgan fingerprint density at radius 2 is 2.22 bits per heavy atom. The predicted octanol–water partition coefficient (Wildman–Crippen LogP) is 2.70. The summed E-state index contributed by atoms with van der Waals surface area (Å²) in [4.78, 5) is 4.22. The highest BCUT2D eigenvalue weighted by atomic mass is 16.5. The van der Waals surface area contributed by atoms with Crippen molar-refractivity contribution in [2.24, 2.45) is 5.73 Å². The van der Waals surface area contributed by atoms with Crippen molar-refractivity contribution >= 4 is 0 Å². The van der Waals surface area contributed by atoms with Gasteiger partial charge in [-0.3, -0.25) is 4.98 Å². The van der Waals surface area contributed by atoms with Crippen LogP contribution in [-0.2, 0) is 6.42 Å². The number of pyridine rings is 1. The lowest BCUT2D eigenvalue weighted by Crippen LogP contribution is -2.04. The van der Waals surface area contributed by atoms with Gasteiger partial charge in [0.25, 0.3) is 0 Å². The summed E-state index contributed by atoms with van der Waals surface area (Å²) in [6, 6.07) is 8.53. The van der Waals surface area contributed by atoms with Gasteiger partial charge in [-0.25, -0.2) is 0 Å². The Hall–Kier alpha value is -1.87. The summed E-state index contributed by atoms with van der Waals surface area (Å²) in [5.74, 6) is 0.785. The van der Waals surface area contributed by atoms with Gasteiger partial charge in [0.1, 0.15) is 5.75 Å². The minimum absolute atomic E-state index is 0.179. The van der Waals surface area contributed by atoms with E-state index >= 15 is 0 Å². The molecule has 1 atom stereocenters. The van der Waals surface area contributed by atoms with Crippen LogP contribution in [-0.4, -0.2) is 12.1 Å². The fourth-order valence-electron chi connectivity index (χ4n) is 2.63. The summed E-state index contributed by atoms with van der Waals surface area (Å²) in [6.07, 6.45) is 5.67. The van der Waals surface area contributed by atoms with Crippen molar-refractivity contribution in [2.45, 2.75) is 18.9 Å². The lowest BCUT2D eigenvalue weighted by molar-refractivity contribution is 0.413. The van der Waals surface area contributed by atoms with Crippen LogP contribution in [0.2, 0.25) is 0 Å². The normalized spacial score (nSPS) is 17.6. The first-order valence-electron chi connectivity index (χ1n) is 6.16. The number of nitrogens with two attached hydrogens (primary N) is 1. The maximum atomic E-state index is 6.11. The van der Waals surface area contributed by atoms with Crippen LogP contribution in [0, 0.1) is 0 Å². The molecule has 92 valence electrons. The Balaban J connectivity index is 2.12. The first-order valence-corrected chi connectivity index (χ1v) is 6.16. The van der Waals surface area contributed by atoms with Gasteiger partial charge in [-0.05, 0) is 35.6 Å². The van der Waals surface area contributed by atoms with E-state index in [1.165, 1.54) is 16.7 Å². The van der Waals surface area contributed by atoms with Gasteiger partial charge in [0.2, 0.25) is 0 Å². The van der Waals surface area contributed by atoms with Gasteiger partial charge in [-0.1, -0.05) is 18.2 Å². The lowest BCUT2D eigenvalue weighted by Gasteiger charge is -2.10. The number of ether oxygens (including phenoxy) is 1. The molecule has 3 nitrogen and oxygen atoms in total. The van der Waals surface area contributed by atoms with Crippen molar-refractivity contribution in [1.82, 2.24) is 4.98 Å². The molecule has 0 spiro atoms. The van der Waals surface area contributed by atoms with E-state index in [2.05, 4.69) is 23.2 Å². The first kappa shape index (κ1) is 11.2. The van der Waals surface area contributed by atoms with Gasteiger partial charge < -0.3 is 10.5 Å². The van der Waals surface area contributed by atoms with Gasteiger partial charge in [0.15, 0.2) is 0 Å². The molecular weight excluding hydrogens is 224 g/mol. The van der Waals surface area contributed by atoms with E-state index in [-0.39, 0.29) is 6.04 Å². The van der Waals surface area contributed by atoms with E-state index in [9.17, 15) is 0 Å². The fourth-order valence-corrected chi connectivity index (χ4v) is 2.63. The van der Waals surface area contributed by atoms with Crippen molar-refractivity contribution in [2.75, 3.05) is 7.11 Å². The third kappa shape index (κ3) is 1.77. The largest absolute Gasteiger partial charge is 0.495 e. The number of hydrogen-bond donors (Lipinski definition) is 1. The topological polar surface area (TPSA) is 48.1 Å². The fraction of sp³-hybridized carbons (Fsp3) is 0.267. The first-order chi connectivity index (χ1) is 8.79. The Kier molecular flexibility index (Phi) is 2.76.